The Bertz CT molecular complexity index is 386. The van der Waals surface area contributed by atoms with Crippen molar-refractivity contribution < 1.29 is 4.74 Å². The number of hydrogen-bond acceptors (Lipinski definition) is 3. The lowest BCUT2D eigenvalue weighted by Crippen LogP contribution is -2.51. The van der Waals surface area contributed by atoms with Crippen molar-refractivity contribution in [1.29, 1.82) is 0 Å². The van der Waals surface area contributed by atoms with E-state index in [-0.39, 0.29) is 12.1 Å². The van der Waals surface area contributed by atoms with Crippen LogP contribution in [0, 0.1) is 0 Å². The molecule has 1 fully saturated rings. The highest BCUT2D eigenvalue weighted by Gasteiger charge is 2.25. The maximum atomic E-state index is 6.28. The average Bonchev–Trinajstić information content (AvgIpc) is 2.39. The predicted molar refractivity (Wildman–Crippen MR) is 77.7 cm³/mol. The van der Waals surface area contributed by atoms with Crippen LogP contribution in [-0.4, -0.2) is 43.3 Å². The summed E-state index contributed by atoms with van der Waals surface area (Å²) in [5, 5.41) is 0. The molecule has 1 aromatic rings. The van der Waals surface area contributed by atoms with Crippen molar-refractivity contribution in [3.8, 4) is 0 Å². The lowest BCUT2D eigenvalue weighted by Gasteiger charge is -2.35. The fraction of sp³-hybridized carbons (Fsp3) is 0.571. The number of hydrogen-bond donors (Lipinski definition) is 1. The van der Waals surface area contributed by atoms with E-state index >= 15 is 0 Å². The molecule has 2 N–H and O–H groups in total. The molecule has 3 nitrogen and oxygen atoms in total. The van der Waals surface area contributed by atoms with Gasteiger partial charge in [-0.3, -0.25) is 4.90 Å². The molecule has 0 spiro atoms. The molecule has 0 aliphatic carbocycles. The van der Waals surface area contributed by atoms with Gasteiger partial charge in [0.25, 0.3) is 0 Å². The Labute approximate surface area is 117 Å². The number of morpholine rings is 1. The van der Waals surface area contributed by atoms with Crippen LogP contribution in [-0.2, 0) is 11.2 Å². The molecule has 2 atom stereocenters. The van der Waals surface area contributed by atoms with E-state index in [0.29, 0.717) is 0 Å². The van der Waals surface area contributed by atoms with Crippen molar-refractivity contribution in [2.45, 2.75) is 25.5 Å². The highest BCUT2D eigenvalue weighted by atomic mass is 79.9. The summed E-state index contributed by atoms with van der Waals surface area (Å²) in [4.78, 5) is 2.40. The molecule has 0 bridgehead atoms. The summed E-state index contributed by atoms with van der Waals surface area (Å²) in [6.07, 6.45) is 1.01. The van der Waals surface area contributed by atoms with E-state index in [1.165, 1.54) is 5.56 Å². The summed E-state index contributed by atoms with van der Waals surface area (Å²) >= 11 is 3.49. The molecule has 2 rings (SSSR count). The number of ether oxygens (including phenoxy) is 1. The Morgan fingerprint density at radius 1 is 1.56 bits per heavy atom. The second-order valence-corrected chi connectivity index (χ2v) is 5.72. The van der Waals surface area contributed by atoms with Crippen LogP contribution in [0.2, 0.25) is 0 Å². The third kappa shape index (κ3) is 3.79. The first kappa shape index (κ1) is 14.0. The van der Waals surface area contributed by atoms with Gasteiger partial charge in [0, 0.05) is 23.6 Å². The maximum absolute atomic E-state index is 6.28. The number of nitrogens with two attached hydrogens (primary N) is 1. The monoisotopic (exact) mass is 312 g/mol. The molecule has 1 saturated heterocycles. The van der Waals surface area contributed by atoms with Gasteiger partial charge in [0.05, 0.1) is 12.7 Å². The second-order valence-electron chi connectivity index (χ2n) is 4.80. The standard InChI is InChI=1S/C14H21BrN2O/c1-2-17-6-7-18-14(10-17)13(16)9-11-4-3-5-12(15)8-11/h3-5,8,13-14H,2,6-7,9-10,16H2,1H3. The summed E-state index contributed by atoms with van der Waals surface area (Å²) in [5.41, 5.74) is 7.54. The van der Waals surface area contributed by atoms with Gasteiger partial charge in [-0.05, 0) is 30.7 Å². The zero-order valence-electron chi connectivity index (χ0n) is 10.8. The van der Waals surface area contributed by atoms with Gasteiger partial charge in [0.2, 0.25) is 0 Å². The van der Waals surface area contributed by atoms with Crippen molar-refractivity contribution in [1.82, 2.24) is 4.90 Å². The molecule has 2 unspecified atom stereocenters. The summed E-state index contributed by atoms with van der Waals surface area (Å²) < 4.78 is 6.90. The first-order valence-electron chi connectivity index (χ1n) is 6.53. The third-order valence-electron chi connectivity index (χ3n) is 3.46. The molecule has 100 valence electrons. The van der Waals surface area contributed by atoms with Crippen molar-refractivity contribution in [3.63, 3.8) is 0 Å². The lowest BCUT2D eigenvalue weighted by molar-refractivity contribution is -0.0385. The Morgan fingerprint density at radius 2 is 2.39 bits per heavy atom. The fourth-order valence-corrected chi connectivity index (χ4v) is 2.79. The molecular formula is C14H21BrN2O. The Hall–Kier alpha value is -0.420. The molecule has 1 heterocycles. The topological polar surface area (TPSA) is 38.5 Å². The molecular weight excluding hydrogens is 292 g/mol. The van der Waals surface area contributed by atoms with Gasteiger partial charge < -0.3 is 10.5 Å². The fourth-order valence-electron chi connectivity index (χ4n) is 2.35. The minimum Gasteiger partial charge on any atom is -0.374 e. The van der Waals surface area contributed by atoms with Crippen LogP contribution in [0.5, 0.6) is 0 Å². The summed E-state index contributed by atoms with van der Waals surface area (Å²) in [6, 6.07) is 8.39. The number of likely N-dealkylation sites (N-methyl/N-ethyl adjacent to an activating group) is 1. The molecule has 1 aromatic carbocycles. The van der Waals surface area contributed by atoms with Crippen LogP contribution in [0.3, 0.4) is 0 Å². The van der Waals surface area contributed by atoms with Crippen molar-refractivity contribution in [3.05, 3.63) is 34.3 Å². The summed E-state index contributed by atoms with van der Waals surface area (Å²) in [7, 11) is 0. The van der Waals surface area contributed by atoms with E-state index in [9.17, 15) is 0 Å². The van der Waals surface area contributed by atoms with E-state index in [1.807, 2.05) is 12.1 Å². The number of nitrogens with zero attached hydrogens (tertiary/aromatic N) is 1. The molecule has 4 heteroatoms. The Morgan fingerprint density at radius 3 is 3.11 bits per heavy atom. The average molecular weight is 313 g/mol. The van der Waals surface area contributed by atoms with Crippen molar-refractivity contribution >= 4 is 15.9 Å². The van der Waals surface area contributed by atoms with Gasteiger partial charge in [0.1, 0.15) is 0 Å². The molecule has 1 aliphatic heterocycles. The van der Waals surface area contributed by atoms with Gasteiger partial charge in [0.15, 0.2) is 0 Å². The Balaban J connectivity index is 1.93. The molecule has 0 radical (unpaired) electrons. The summed E-state index contributed by atoms with van der Waals surface area (Å²) in [6.45, 7) is 6.03. The zero-order chi connectivity index (χ0) is 13.0. The molecule has 0 aromatic heterocycles. The summed E-state index contributed by atoms with van der Waals surface area (Å²) in [5.74, 6) is 0. The SMILES string of the molecule is CCN1CCOC(C(N)Cc2cccc(Br)c2)C1. The number of benzene rings is 1. The zero-order valence-corrected chi connectivity index (χ0v) is 12.4. The minimum atomic E-state index is 0.0636. The predicted octanol–water partition coefficient (Wildman–Crippen LogP) is 2.04. The molecule has 18 heavy (non-hydrogen) atoms. The van der Waals surface area contributed by atoms with E-state index in [4.69, 9.17) is 10.5 Å². The van der Waals surface area contributed by atoms with Gasteiger partial charge >= 0.3 is 0 Å². The van der Waals surface area contributed by atoms with Crippen LogP contribution in [0.1, 0.15) is 12.5 Å². The van der Waals surface area contributed by atoms with E-state index < -0.39 is 0 Å². The van der Waals surface area contributed by atoms with Gasteiger partial charge in [-0.15, -0.1) is 0 Å². The van der Waals surface area contributed by atoms with Gasteiger partial charge in [-0.1, -0.05) is 35.0 Å². The Kier molecular flexibility index (Phi) is 5.18. The first-order chi connectivity index (χ1) is 8.69. The first-order valence-corrected chi connectivity index (χ1v) is 7.32. The van der Waals surface area contributed by atoms with E-state index in [1.54, 1.807) is 0 Å². The van der Waals surface area contributed by atoms with Crippen LogP contribution in [0.4, 0.5) is 0 Å². The second kappa shape index (κ2) is 6.66. The smallest absolute Gasteiger partial charge is 0.0856 e. The molecule has 0 amide bonds. The quantitative estimate of drug-likeness (QED) is 0.924. The highest BCUT2D eigenvalue weighted by Crippen LogP contribution is 2.15. The largest absolute Gasteiger partial charge is 0.374 e. The maximum Gasteiger partial charge on any atom is 0.0856 e. The van der Waals surface area contributed by atoms with E-state index in [0.717, 1.165) is 37.1 Å². The van der Waals surface area contributed by atoms with Gasteiger partial charge in [-0.25, -0.2) is 0 Å². The lowest BCUT2D eigenvalue weighted by atomic mass is 10.0. The van der Waals surface area contributed by atoms with Crippen LogP contribution in [0.15, 0.2) is 28.7 Å². The molecule has 0 saturated carbocycles. The normalized spacial score (nSPS) is 22.9. The molecule has 1 aliphatic rings. The van der Waals surface area contributed by atoms with Crippen molar-refractivity contribution in [2.75, 3.05) is 26.2 Å². The van der Waals surface area contributed by atoms with Crippen molar-refractivity contribution in [2.24, 2.45) is 5.73 Å². The number of rotatable bonds is 4. The third-order valence-corrected chi connectivity index (χ3v) is 3.96. The highest BCUT2D eigenvalue weighted by molar-refractivity contribution is 9.10. The van der Waals surface area contributed by atoms with Crippen LogP contribution >= 0.6 is 15.9 Å². The number of halogens is 1. The van der Waals surface area contributed by atoms with Gasteiger partial charge in [-0.2, -0.15) is 0 Å². The van der Waals surface area contributed by atoms with Crippen LogP contribution in [0.25, 0.3) is 0 Å². The van der Waals surface area contributed by atoms with E-state index in [2.05, 4.69) is 39.9 Å². The van der Waals surface area contributed by atoms with Crippen LogP contribution < -0.4 is 5.73 Å². The minimum absolute atomic E-state index is 0.0636.